The molecule has 1 saturated heterocycles. The van der Waals surface area contributed by atoms with Crippen LogP contribution in [0.1, 0.15) is 56.9 Å². The summed E-state index contributed by atoms with van der Waals surface area (Å²) in [5, 5.41) is 1.06. The normalized spacial score (nSPS) is 22.7. The fraction of sp³-hybridized carbons (Fsp3) is 0.429. The quantitative estimate of drug-likeness (QED) is 0.573. The van der Waals surface area contributed by atoms with Gasteiger partial charge in [-0.2, -0.15) is 0 Å². The molecule has 2 unspecified atom stereocenters. The van der Waals surface area contributed by atoms with Crippen molar-refractivity contribution < 1.29 is 19.1 Å². The van der Waals surface area contributed by atoms with Gasteiger partial charge in [0.25, 0.3) is 5.91 Å². The number of rotatable bonds is 6. The number of H-pyrrole nitrogens is 1. The van der Waals surface area contributed by atoms with Crippen molar-refractivity contribution in [2.75, 3.05) is 26.8 Å². The fourth-order valence-corrected chi connectivity index (χ4v) is 5.75. The molecule has 35 heavy (non-hydrogen) atoms. The van der Waals surface area contributed by atoms with Gasteiger partial charge in [0.2, 0.25) is 5.91 Å². The molecular formula is C28H33N3O4. The van der Waals surface area contributed by atoms with Gasteiger partial charge in [0.15, 0.2) is 17.0 Å². The Bertz CT molecular complexity index is 1300. The largest absolute Gasteiger partial charge is 0.493 e. The van der Waals surface area contributed by atoms with Gasteiger partial charge in [-0.25, -0.2) is 0 Å². The topological polar surface area (TPSA) is 74.9 Å². The Labute approximate surface area is 206 Å². The van der Waals surface area contributed by atoms with E-state index < -0.39 is 5.54 Å². The number of carbonyl (C=O) groups is 2. The molecule has 3 aromatic rings. The third-order valence-electron chi connectivity index (χ3n) is 7.79. The van der Waals surface area contributed by atoms with Crippen molar-refractivity contribution in [3.8, 4) is 11.5 Å². The summed E-state index contributed by atoms with van der Waals surface area (Å²) in [4.78, 5) is 34.7. The number of nitrogens with zero attached hydrogens (tertiary/aromatic N) is 2. The highest BCUT2D eigenvalue weighted by Crippen LogP contribution is 2.50. The van der Waals surface area contributed by atoms with Crippen molar-refractivity contribution in [2.45, 2.75) is 51.6 Å². The molecule has 0 radical (unpaired) electrons. The maximum absolute atomic E-state index is 14.0. The molecule has 0 saturated carbocycles. The molecule has 5 rings (SSSR count). The zero-order chi connectivity index (χ0) is 24.9. The minimum Gasteiger partial charge on any atom is -0.493 e. The first-order valence-electron chi connectivity index (χ1n) is 12.4. The molecule has 7 nitrogen and oxygen atoms in total. The number of para-hydroxylation sites is 2. The highest BCUT2D eigenvalue weighted by Gasteiger charge is 2.57. The van der Waals surface area contributed by atoms with Crippen LogP contribution in [0.4, 0.5) is 0 Å². The Morgan fingerprint density at radius 2 is 1.91 bits per heavy atom. The van der Waals surface area contributed by atoms with Crippen LogP contribution in [0.2, 0.25) is 0 Å². The van der Waals surface area contributed by atoms with Crippen molar-refractivity contribution in [1.82, 2.24) is 14.8 Å². The molecule has 7 heteroatoms. The maximum atomic E-state index is 14.0. The van der Waals surface area contributed by atoms with Crippen LogP contribution in [0.25, 0.3) is 10.9 Å². The Hall–Kier alpha value is -3.48. The SMILES string of the molecule is CCOc1c(OC)cccc1C1CN2C(=O)CN(C(C)CC)C(=O)[C@]2(C)c2[nH]c3ccccc3c21. The van der Waals surface area contributed by atoms with Crippen LogP contribution in [0.15, 0.2) is 42.5 Å². The van der Waals surface area contributed by atoms with Gasteiger partial charge in [0, 0.05) is 35.0 Å². The van der Waals surface area contributed by atoms with E-state index in [2.05, 4.69) is 11.1 Å². The van der Waals surface area contributed by atoms with E-state index in [0.717, 1.165) is 34.1 Å². The number of nitrogens with one attached hydrogen (secondary N) is 1. The average molecular weight is 476 g/mol. The second-order valence-corrected chi connectivity index (χ2v) is 9.59. The van der Waals surface area contributed by atoms with Gasteiger partial charge in [0.05, 0.1) is 19.4 Å². The summed E-state index contributed by atoms with van der Waals surface area (Å²) in [6.07, 6.45) is 0.790. The van der Waals surface area contributed by atoms with E-state index >= 15 is 0 Å². The number of amides is 2. The van der Waals surface area contributed by atoms with Crippen LogP contribution in [-0.4, -0.2) is 59.4 Å². The van der Waals surface area contributed by atoms with E-state index in [1.165, 1.54) is 0 Å². The summed E-state index contributed by atoms with van der Waals surface area (Å²) in [6.45, 7) is 8.86. The van der Waals surface area contributed by atoms with Gasteiger partial charge in [-0.05, 0) is 44.9 Å². The van der Waals surface area contributed by atoms with E-state index in [0.29, 0.717) is 24.7 Å². The monoisotopic (exact) mass is 475 g/mol. The van der Waals surface area contributed by atoms with Crippen molar-refractivity contribution >= 4 is 22.7 Å². The standard InChI is InChI=1S/C28H33N3O4/c1-6-17(3)30-16-23(32)31-15-20(18-12-10-14-22(34-5)25(18)35-7-2)24-19-11-8-9-13-21(19)29-26(24)28(31,4)27(30)33/h8-14,17,20,29H,6-7,15-16H2,1-5H3/t17?,20?,28-/m0/s1. The molecule has 1 N–H and O–H groups in total. The lowest BCUT2D eigenvalue weighted by Gasteiger charge is -2.52. The molecule has 1 aromatic heterocycles. The first-order valence-corrected chi connectivity index (χ1v) is 12.4. The first-order chi connectivity index (χ1) is 16.9. The molecule has 2 amide bonds. The van der Waals surface area contributed by atoms with Crippen molar-refractivity contribution in [1.29, 1.82) is 0 Å². The summed E-state index contributed by atoms with van der Waals surface area (Å²) in [5.41, 5.74) is 2.62. The van der Waals surface area contributed by atoms with E-state index in [-0.39, 0.29) is 30.3 Å². The number of piperazine rings is 1. The summed E-state index contributed by atoms with van der Waals surface area (Å²) in [7, 11) is 1.63. The average Bonchev–Trinajstić information content (AvgIpc) is 3.27. The number of hydrogen-bond donors (Lipinski definition) is 1. The van der Waals surface area contributed by atoms with Crippen molar-refractivity contribution in [2.24, 2.45) is 0 Å². The van der Waals surface area contributed by atoms with Crippen LogP contribution in [0, 0.1) is 0 Å². The molecule has 184 valence electrons. The van der Waals surface area contributed by atoms with Gasteiger partial charge in [-0.3, -0.25) is 9.59 Å². The van der Waals surface area contributed by atoms with E-state index in [4.69, 9.17) is 9.47 Å². The lowest BCUT2D eigenvalue weighted by molar-refractivity contribution is -0.168. The minimum absolute atomic E-state index is 0.0149. The number of hydrogen-bond acceptors (Lipinski definition) is 4. The predicted molar refractivity (Wildman–Crippen MR) is 135 cm³/mol. The van der Waals surface area contributed by atoms with Gasteiger partial charge in [0.1, 0.15) is 6.54 Å². The summed E-state index contributed by atoms with van der Waals surface area (Å²) in [6, 6.07) is 14.0. The molecule has 0 spiro atoms. The van der Waals surface area contributed by atoms with Gasteiger partial charge >= 0.3 is 0 Å². The minimum atomic E-state index is -1.10. The predicted octanol–water partition coefficient (Wildman–Crippen LogP) is 4.41. The van der Waals surface area contributed by atoms with Crippen LogP contribution in [0.5, 0.6) is 11.5 Å². The zero-order valence-corrected chi connectivity index (χ0v) is 21.1. The van der Waals surface area contributed by atoms with Crippen molar-refractivity contribution in [3.05, 3.63) is 59.3 Å². The molecular weight excluding hydrogens is 442 g/mol. The Balaban J connectivity index is 1.78. The number of fused-ring (bicyclic) bond motifs is 5. The Morgan fingerprint density at radius 1 is 1.14 bits per heavy atom. The van der Waals surface area contributed by atoms with Gasteiger partial charge in [-0.1, -0.05) is 37.3 Å². The van der Waals surface area contributed by atoms with E-state index in [1.807, 2.05) is 64.1 Å². The van der Waals surface area contributed by atoms with Crippen LogP contribution in [-0.2, 0) is 15.1 Å². The van der Waals surface area contributed by atoms with Crippen LogP contribution in [0.3, 0.4) is 0 Å². The molecule has 2 aromatic carbocycles. The lowest BCUT2D eigenvalue weighted by atomic mass is 9.76. The number of ether oxygens (including phenoxy) is 2. The lowest BCUT2D eigenvalue weighted by Crippen LogP contribution is -2.68. The highest BCUT2D eigenvalue weighted by molar-refractivity contribution is 6.01. The van der Waals surface area contributed by atoms with Gasteiger partial charge in [-0.15, -0.1) is 0 Å². The Morgan fingerprint density at radius 3 is 2.63 bits per heavy atom. The molecule has 3 atom stereocenters. The number of aromatic amines is 1. The third kappa shape index (κ3) is 3.32. The second kappa shape index (κ2) is 8.63. The molecule has 3 heterocycles. The third-order valence-corrected chi connectivity index (χ3v) is 7.79. The molecule has 1 fully saturated rings. The van der Waals surface area contributed by atoms with E-state index in [1.54, 1.807) is 16.9 Å². The summed E-state index contributed by atoms with van der Waals surface area (Å²) < 4.78 is 11.7. The molecule has 0 aliphatic carbocycles. The number of methoxy groups -OCH3 is 1. The smallest absolute Gasteiger partial charge is 0.255 e. The number of aromatic nitrogens is 1. The van der Waals surface area contributed by atoms with Crippen LogP contribution >= 0.6 is 0 Å². The fourth-order valence-electron chi connectivity index (χ4n) is 5.75. The second-order valence-electron chi connectivity index (χ2n) is 9.59. The zero-order valence-electron chi connectivity index (χ0n) is 21.1. The summed E-state index contributed by atoms with van der Waals surface area (Å²) in [5.74, 6) is 1.08. The highest BCUT2D eigenvalue weighted by atomic mass is 16.5. The molecule has 2 aliphatic rings. The molecule has 2 aliphatic heterocycles. The number of carbonyl (C=O) groups excluding carboxylic acids is 2. The van der Waals surface area contributed by atoms with Crippen molar-refractivity contribution in [3.63, 3.8) is 0 Å². The van der Waals surface area contributed by atoms with Crippen LogP contribution < -0.4 is 9.47 Å². The molecule has 0 bridgehead atoms. The maximum Gasteiger partial charge on any atom is 0.255 e. The summed E-state index contributed by atoms with van der Waals surface area (Å²) >= 11 is 0. The first kappa shape index (κ1) is 23.3. The number of benzene rings is 2. The Kier molecular flexibility index (Phi) is 5.74. The van der Waals surface area contributed by atoms with E-state index in [9.17, 15) is 9.59 Å². The van der Waals surface area contributed by atoms with Gasteiger partial charge < -0.3 is 24.3 Å².